The number of hydrogen-bond acceptors (Lipinski definition) is 6. The SMILES string of the molecule is Cc1ccc(S(=O)(=O)n2cccc2C2SCCC(=O)N2Cc2cnc(C)cn2)cc1. The molecule has 4 rings (SSSR count). The maximum absolute atomic E-state index is 13.3. The number of amides is 1. The van der Waals surface area contributed by atoms with E-state index in [4.69, 9.17) is 0 Å². The topological polar surface area (TPSA) is 85.2 Å². The van der Waals surface area contributed by atoms with Gasteiger partial charge in [-0.3, -0.25) is 14.8 Å². The first-order valence-electron chi connectivity index (χ1n) is 9.54. The van der Waals surface area contributed by atoms with Gasteiger partial charge in [0.15, 0.2) is 0 Å². The molecule has 9 heteroatoms. The lowest BCUT2D eigenvalue weighted by Gasteiger charge is -2.35. The molecule has 0 bridgehead atoms. The van der Waals surface area contributed by atoms with Crippen molar-refractivity contribution in [3.05, 3.63) is 77.6 Å². The number of rotatable bonds is 5. The Kier molecular flexibility index (Phi) is 5.66. The van der Waals surface area contributed by atoms with Gasteiger partial charge in [-0.2, -0.15) is 0 Å². The van der Waals surface area contributed by atoms with E-state index in [9.17, 15) is 13.2 Å². The van der Waals surface area contributed by atoms with Crippen LogP contribution in [0.25, 0.3) is 0 Å². The second-order valence-corrected chi connectivity index (χ2v) is 10.2. The van der Waals surface area contributed by atoms with Gasteiger partial charge in [0, 0.05) is 24.6 Å². The monoisotopic (exact) mass is 442 g/mol. The summed E-state index contributed by atoms with van der Waals surface area (Å²) in [5, 5.41) is -0.426. The van der Waals surface area contributed by atoms with Gasteiger partial charge in [0.05, 0.1) is 34.7 Å². The van der Waals surface area contributed by atoms with Gasteiger partial charge < -0.3 is 4.90 Å². The molecule has 3 heterocycles. The number of thioether (sulfide) groups is 1. The van der Waals surface area contributed by atoms with E-state index >= 15 is 0 Å². The molecule has 1 fully saturated rings. The average molecular weight is 443 g/mol. The summed E-state index contributed by atoms with van der Waals surface area (Å²) in [7, 11) is -3.77. The van der Waals surface area contributed by atoms with Crippen LogP contribution in [-0.2, 0) is 21.4 Å². The van der Waals surface area contributed by atoms with Crippen LogP contribution in [0, 0.1) is 13.8 Å². The third-order valence-electron chi connectivity index (χ3n) is 4.94. The van der Waals surface area contributed by atoms with Crippen molar-refractivity contribution < 1.29 is 13.2 Å². The molecular weight excluding hydrogens is 420 g/mol. The maximum Gasteiger partial charge on any atom is 0.267 e. The van der Waals surface area contributed by atoms with Crippen LogP contribution in [-0.4, -0.2) is 38.9 Å². The fourth-order valence-corrected chi connectivity index (χ4v) is 6.02. The van der Waals surface area contributed by atoms with E-state index in [1.54, 1.807) is 65.5 Å². The number of aryl methyl sites for hydroxylation is 2. The van der Waals surface area contributed by atoms with Gasteiger partial charge >= 0.3 is 0 Å². The van der Waals surface area contributed by atoms with Crippen LogP contribution in [0.1, 0.15) is 34.4 Å². The molecule has 2 aromatic heterocycles. The first-order valence-corrected chi connectivity index (χ1v) is 12.0. The van der Waals surface area contributed by atoms with Crippen LogP contribution in [0.2, 0.25) is 0 Å². The van der Waals surface area contributed by atoms with Crippen molar-refractivity contribution in [1.29, 1.82) is 0 Å². The van der Waals surface area contributed by atoms with E-state index in [0.29, 0.717) is 23.6 Å². The summed E-state index contributed by atoms with van der Waals surface area (Å²) in [6.45, 7) is 4.04. The van der Waals surface area contributed by atoms with E-state index in [1.807, 2.05) is 13.8 Å². The molecule has 0 spiro atoms. The molecule has 1 amide bonds. The fourth-order valence-electron chi connectivity index (χ4n) is 3.33. The molecular formula is C21H22N4O3S2. The Hall–Kier alpha value is -2.65. The fraction of sp³-hybridized carbons (Fsp3) is 0.286. The zero-order valence-corrected chi connectivity index (χ0v) is 18.4. The largest absolute Gasteiger partial charge is 0.319 e. The molecule has 0 N–H and O–H groups in total. The van der Waals surface area contributed by atoms with Crippen molar-refractivity contribution in [2.75, 3.05) is 5.75 Å². The molecule has 1 aromatic carbocycles. The standard InChI is InChI=1S/C21H22N4O3S2/c1-15-5-7-18(8-6-15)30(27,28)25-10-3-4-19(25)21-24(20(26)9-11-29-21)14-17-13-22-16(2)12-23-17/h3-8,10,12-13,21H,9,11,14H2,1-2H3. The lowest BCUT2D eigenvalue weighted by molar-refractivity contribution is -0.132. The Morgan fingerprint density at radius 3 is 2.57 bits per heavy atom. The van der Waals surface area contributed by atoms with E-state index in [1.165, 1.54) is 10.2 Å². The third-order valence-corrected chi connectivity index (χ3v) is 7.91. The lowest BCUT2D eigenvalue weighted by atomic mass is 10.2. The van der Waals surface area contributed by atoms with Crippen LogP contribution in [0.15, 0.2) is 59.9 Å². The molecule has 1 unspecified atom stereocenters. The van der Waals surface area contributed by atoms with Crippen LogP contribution in [0.5, 0.6) is 0 Å². The predicted molar refractivity (Wildman–Crippen MR) is 115 cm³/mol. The van der Waals surface area contributed by atoms with Crippen molar-refractivity contribution in [2.24, 2.45) is 0 Å². The summed E-state index contributed by atoms with van der Waals surface area (Å²) >= 11 is 1.55. The Bertz CT molecular complexity index is 1160. The van der Waals surface area contributed by atoms with Crippen LogP contribution >= 0.6 is 11.8 Å². The zero-order chi connectivity index (χ0) is 21.3. The van der Waals surface area contributed by atoms with Gasteiger partial charge in [0.2, 0.25) is 5.91 Å². The Balaban J connectivity index is 1.70. The minimum Gasteiger partial charge on any atom is -0.319 e. The Morgan fingerprint density at radius 2 is 1.87 bits per heavy atom. The highest BCUT2D eigenvalue weighted by Crippen LogP contribution is 2.39. The van der Waals surface area contributed by atoms with Crippen molar-refractivity contribution in [3.63, 3.8) is 0 Å². The van der Waals surface area contributed by atoms with Gasteiger partial charge in [-0.15, -0.1) is 11.8 Å². The number of aromatic nitrogens is 3. The number of benzene rings is 1. The van der Waals surface area contributed by atoms with E-state index < -0.39 is 15.4 Å². The Labute approximate surface area is 180 Å². The third kappa shape index (κ3) is 3.99. The number of nitrogens with zero attached hydrogens (tertiary/aromatic N) is 4. The first-order chi connectivity index (χ1) is 14.4. The maximum atomic E-state index is 13.3. The quantitative estimate of drug-likeness (QED) is 0.603. The van der Waals surface area contributed by atoms with E-state index in [2.05, 4.69) is 9.97 Å². The van der Waals surface area contributed by atoms with Crippen molar-refractivity contribution in [3.8, 4) is 0 Å². The molecule has 1 atom stereocenters. The molecule has 0 radical (unpaired) electrons. The normalized spacial score (nSPS) is 17.3. The van der Waals surface area contributed by atoms with Crippen LogP contribution < -0.4 is 0 Å². The number of hydrogen-bond donors (Lipinski definition) is 0. The second kappa shape index (κ2) is 8.23. The molecule has 1 saturated heterocycles. The molecule has 7 nitrogen and oxygen atoms in total. The summed E-state index contributed by atoms with van der Waals surface area (Å²) in [5.74, 6) is 0.608. The number of carbonyl (C=O) groups excluding carboxylic acids is 1. The lowest BCUT2D eigenvalue weighted by Crippen LogP contribution is -2.38. The highest BCUT2D eigenvalue weighted by molar-refractivity contribution is 7.99. The van der Waals surface area contributed by atoms with Gasteiger partial charge in [-0.25, -0.2) is 12.4 Å². The molecule has 1 aliphatic heterocycles. The van der Waals surface area contributed by atoms with E-state index in [-0.39, 0.29) is 17.3 Å². The minimum atomic E-state index is -3.77. The van der Waals surface area contributed by atoms with Crippen molar-refractivity contribution in [1.82, 2.24) is 18.8 Å². The Morgan fingerprint density at radius 1 is 1.10 bits per heavy atom. The van der Waals surface area contributed by atoms with Crippen LogP contribution in [0.4, 0.5) is 0 Å². The van der Waals surface area contributed by atoms with Gasteiger partial charge in [0.25, 0.3) is 10.0 Å². The molecule has 0 saturated carbocycles. The average Bonchev–Trinajstić information content (AvgIpc) is 3.22. The first kappa shape index (κ1) is 20.6. The zero-order valence-electron chi connectivity index (χ0n) is 16.7. The smallest absolute Gasteiger partial charge is 0.267 e. The highest BCUT2D eigenvalue weighted by Gasteiger charge is 2.34. The van der Waals surface area contributed by atoms with Crippen molar-refractivity contribution in [2.45, 2.75) is 37.1 Å². The minimum absolute atomic E-state index is 0.0263. The summed E-state index contributed by atoms with van der Waals surface area (Å²) < 4.78 is 27.8. The van der Waals surface area contributed by atoms with Gasteiger partial charge in [0.1, 0.15) is 5.37 Å². The molecule has 30 heavy (non-hydrogen) atoms. The predicted octanol–water partition coefficient (Wildman–Crippen LogP) is 3.30. The van der Waals surface area contributed by atoms with Gasteiger partial charge in [-0.05, 0) is 38.1 Å². The molecule has 3 aromatic rings. The summed E-state index contributed by atoms with van der Waals surface area (Å²) in [4.78, 5) is 23.3. The van der Waals surface area contributed by atoms with Crippen LogP contribution in [0.3, 0.4) is 0 Å². The highest BCUT2D eigenvalue weighted by atomic mass is 32.2. The van der Waals surface area contributed by atoms with E-state index in [0.717, 1.165) is 11.3 Å². The molecule has 156 valence electrons. The molecule has 1 aliphatic rings. The van der Waals surface area contributed by atoms with Crippen molar-refractivity contribution >= 4 is 27.7 Å². The second-order valence-electron chi connectivity index (χ2n) is 7.19. The molecule has 0 aliphatic carbocycles. The number of carbonyl (C=O) groups is 1. The summed E-state index contributed by atoms with van der Waals surface area (Å²) in [6.07, 6.45) is 5.26. The summed E-state index contributed by atoms with van der Waals surface area (Å²) in [6, 6.07) is 10.2. The van der Waals surface area contributed by atoms with Gasteiger partial charge in [-0.1, -0.05) is 17.7 Å². The summed E-state index contributed by atoms with van der Waals surface area (Å²) in [5.41, 5.74) is 3.00.